The summed E-state index contributed by atoms with van der Waals surface area (Å²) in [4.78, 5) is 59.3. The highest BCUT2D eigenvalue weighted by molar-refractivity contribution is 5.95. The van der Waals surface area contributed by atoms with Gasteiger partial charge in [-0.05, 0) is 189 Å². The topological polar surface area (TPSA) is 108 Å². The van der Waals surface area contributed by atoms with E-state index in [-0.39, 0.29) is 35.8 Å². The molecule has 3 aliphatic heterocycles. The Hall–Kier alpha value is -7.89. The number of hydrogen-bond donors (Lipinski definition) is 0. The Kier molecular flexibility index (Phi) is 30.6. The summed E-state index contributed by atoms with van der Waals surface area (Å²) in [6, 6.07) is 52.3. The van der Waals surface area contributed by atoms with E-state index in [1.807, 2.05) is 129 Å². The van der Waals surface area contributed by atoms with Crippen molar-refractivity contribution < 1.29 is 28.6 Å². The van der Waals surface area contributed by atoms with Crippen molar-refractivity contribution in [2.75, 3.05) is 120 Å². The molecular formula is C84H117N9O6. The number of amides is 3. The van der Waals surface area contributed by atoms with E-state index in [9.17, 15) is 14.4 Å². The van der Waals surface area contributed by atoms with Crippen LogP contribution in [0, 0.1) is 0 Å². The quantitative estimate of drug-likeness (QED) is 0.0458. The van der Waals surface area contributed by atoms with E-state index in [2.05, 4.69) is 182 Å². The Bertz CT molecular complexity index is 3130. The third-order valence-corrected chi connectivity index (χ3v) is 20.4. The molecule has 0 bridgehead atoms. The van der Waals surface area contributed by atoms with Crippen LogP contribution >= 0.6 is 0 Å². The molecule has 0 radical (unpaired) electrons. The van der Waals surface area contributed by atoms with Crippen molar-refractivity contribution in [2.24, 2.45) is 0 Å². The van der Waals surface area contributed by atoms with E-state index in [1.165, 1.54) is 33.4 Å². The number of methoxy groups -OCH3 is 3. The smallest absolute Gasteiger partial charge is 0.253 e. The molecule has 3 saturated heterocycles. The molecule has 0 aromatic heterocycles. The number of carbonyl (C=O) groups excluding carboxylic acids is 3. The first-order chi connectivity index (χ1) is 47.8. The van der Waals surface area contributed by atoms with Crippen LogP contribution < -0.4 is 14.2 Å². The Labute approximate surface area is 595 Å². The summed E-state index contributed by atoms with van der Waals surface area (Å²) in [5.74, 6) is 2.84. The van der Waals surface area contributed by atoms with Crippen LogP contribution in [0.3, 0.4) is 0 Å². The normalized spacial score (nSPS) is 20.3. The van der Waals surface area contributed by atoms with Crippen molar-refractivity contribution in [2.45, 2.75) is 137 Å². The first-order valence-electron chi connectivity index (χ1n) is 36.2. The lowest BCUT2D eigenvalue weighted by atomic mass is 9.92. The molecule has 0 unspecified atom stereocenters. The van der Waals surface area contributed by atoms with E-state index in [0.717, 1.165) is 92.8 Å². The van der Waals surface area contributed by atoms with Crippen LogP contribution in [0.5, 0.6) is 17.2 Å². The molecule has 15 nitrogen and oxygen atoms in total. The number of piperazine rings is 3. The van der Waals surface area contributed by atoms with Gasteiger partial charge >= 0.3 is 0 Å². The molecule has 534 valence electrons. The molecule has 6 aromatic carbocycles. The van der Waals surface area contributed by atoms with Gasteiger partial charge in [0.2, 0.25) is 0 Å². The fourth-order valence-electron chi connectivity index (χ4n) is 14.7. The highest BCUT2D eigenvalue weighted by Crippen LogP contribution is 2.39. The maximum atomic E-state index is 12.8. The molecule has 3 aliphatic rings. The second-order valence-corrected chi connectivity index (χ2v) is 26.7. The van der Waals surface area contributed by atoms with Crippen LogP contribution in [-0.2, 0) is 0 Å². The molecule has 3 heterocycles. The third-order valence-electron chi connectivity index (χ3n) is 20.4. The van der Waals surface area contributed by atoms with E-state index < -0.39 is 0 Å². The molecule has 0 aliphatic carbocycles. The summed E-state index contributed by atoms with van der Waals surface area (Å²) in [7, 11) is 5.13. The van der Waals surface area contributed by atoms with E-state index >= 15 is 0 Å². The second-order valence-electron chi connectivity index (χ2n) is 26.7. The summed E-state index contributed by atoms with van der Waals surface area (Å²) < 4.78 is 16.6. The summed E-state index contributed by atoms with van der Waals surface area (Å²) in [5.41, 5.74) is 9.40. The number of ether oxygens (including phenoxy) is 3. The highest BCUT2D eigenvalue weighted by Gasteiger charge is 2.38. The van der Waals surface area contributed by atoms with Crippen LogP contribution in [0.25, 0.3) is 0 Å². The maximum absolute atomic E-state index is 12.8. The highest BCUT2D eigenvalue weighted by atomic mass is 16.5. The average molecular weight is 1350 g/mol. The lowest BCUT2D eigenvalue weighted by Crippen LogP contribution is -2.57. The molecule has 99 heavy (non-hydrogen) atoms. The molecule has 3 fully saturated rings. The lowest BCUT2D eigenvalue weighted by molar-refractivity contribution is 0.0306. The van der Waals surface area contributed by atoms with Crippen LogP contribution in [0.4, 0.5) is 0 Å². The Balaban J connectivity index is 0.000000209. The van der Waals surface area contributed by atoms with Crippen molar-refractivity contribution in [1.82, 2.24) is 44.1 Å². The van der Waals surface area contributed by atoms with Crippen LogP contribution in [0.15, 0.2) is 184 Å². The zero-order valence-corrected chi connectivity index (χ0v) is 62.5. The molecule has 3 amide bonds. The summed E-state index contributed by atoms with van der Waals surface area (Å²) in [5, 5.41) is 0. The Morgan fingerprint density at radius 2 is 0.596 bits per heavy atom. The van der Waals surface area contributed by atoms with Gasteiger partial charge in [0.25, 0.3) is 17.7 Å². The minimum atomic E-state index is 0.0843. The zero-order chi connectivity index (χ0) is 71.9. The number of hydrogen-bond acceptors (Lipinski definition) is 12. The molecule has 6 aromatic rings. The van der Waals surface area contributed by atoms with Crippen LogP contribution in [0.2, 0.25) is 0 Å². The Morgan fingerprint density at radius 1 is 0.364 bits per heavy atom. The van der Waals surface area contributed by atoms with Gasteiger partial charge in [-0.1, -0.05) is 91.0 Å². The van der Waals surface area contributed by atoms with E-state index in [0.29, 0.717) is 75.5 Å². The molecule has 15 heteroatoms. The van der Waals surface area contributed by atoms with Gasteiger partial charge in [0, 0.05) is 151 Å². The summed E-state index contributed by atoms with van der Waals surface area (Å²) in [6.07, 6.45) is 5.97. The van der Waals surface area contributed by atoms with Gasteiger partial charge in [-0.25, -0.2) is 0 Å². The number of rotatable bonds is 27. The van der Waals surface area contributed by atoms with Crippen LogP contribution in [-0.4, -0.2) is 218 Å². The Morgan fingerprint density at radius 3 is 0.798 bits per heavy atom. The molecule has 0 N–H and O–H groups in total. The van der Waals surface area contributed by atoms with Gasteiger partial charge in [-0.3, -0.25) is 43.8 Å². The number of nitrogens with zero attached hydrogens (tertiary/aromatic N) is 9. The van der Waals surface area contributed by atoms with E-state index in [4.69, 9.17) is 14.2 Å². The van der Waals surface area contributed by atoms with Crippen molar-refractivity contribution in [3.63, 3.8) is 0 Å². The molecule has 0 saturated carbocycles. The lowest BCUT2D eigenvalue weighted by Gasteiger charge is -2.47. The SMILES string of the molecule is C=CCN1C[C@H](C)N([C@H](c2ccc(C(=O)N(CC)CC)cc2)c2cccc(OC)c2)C[C@H]1C.C=CCN1C[C@H](C)N([C@H](c2ccc(C(=O)N(CC)CC)cc2)c2cccc(OC)c2)C[C@H]1C.C=CCN1C[C@H](C)N([C@H](c2ccc(C(=O)N(CC)CC)cc2)c2cccc(OC)c2)C[C@H]1C. The zero-order valence-electron chi connectivity index (χ0n) is 62.5. The third kappa shape index (κ3) is 20.0. The standard InChI is InChI=1S/3C28H39N3O2/c3*1-7-17-30-19-22(5)31(20-21(30)4)27(25-11-10-12-26(18-25)33-6)23-13-15-24(16-14-23)28(32)29(8-2)9-3/h3*7,10-16,18,21-22,27H,1,8-9,17,19-20H2,2-6H3/t3*21-,22+,27-/m111/s1. The minimum absolute atomic E-state index is 0.0843. The van der Waals surface area contributed by atoms with Gasteiger partial charge in [0.1, 0.15) is 17.2 Å². The fourth-order valence-corrected chi connectivity index (χ4v) is 14.7. The number of carbonyl (C=O) groups is 3. The molecule has 0 spiro atoms. The van der Waals surface area contributed by atoms with Crippen molar-refractivity contribution in [3.05, 3.63) is 234 Å². The molecule has 9 rings (SSSR count). The average Bonchev–Trinajstić information content (AvgIpc) is 0.797. The predicted molar refractivity (Wildman–Crippen MR) is 408 cm³/mol. The monoisotopic (exact) mass is 1350 g/mol. The minimum Gasteiger partial charge on any atom is -0.497 e. The first-order valence-corrected chi connectivity index (χ1v) is 36.2. The van der Waals surface area contributed by atoms with Crippen molar-refractivity contribution in [3.8, 4) is 17.2 Å². The van der Waals surface area contributed by atoms with Crippen molar-refractivity contribution >= 4 is 17.7 Å². The van der Waals surface area contributed by atoms with Gasteiger partial charge in [-0.2, -0.15) is 0 Å². The summed E-state index contributed by atoms with van der Waals surface area (Å²) >= 11 is 0. The van der Waals surface area contributed by atoms with Gasteiger partial charge in [0.15, 0.2) is 0 Å². The van der Waals surface area contributed by atoms with Gasteiger partial charge in [-0.15, -0.1) is 19.7 Å². The summed E-state index contributed by atoms with van der Waals surface area (Å²) in [6.45, 7) is 50.5. The predicted octanol–water partition coefficient (Wildman–Crippen LogP) is 14.5. The molecular weight excluding hydrogens is 1230 g/mol. The first kappa shape index (κ1) is 78.4. The van der Waals surface area contributed by atoms with Crippen LogP contribution in [0.1, 0.15) is 166 Å². The van der Waals surface area contributed by atoms with Gasteiger partial charge in [0.05, 0.1) is 39.5 Å². The second kappa shape index (κ2) is 38.6. The molecule has 9 atom stereocenters. The van der Waals surface area contributed by atoms with E-state index in [1.54, 1.807) is 21.3 Å². The van der Waals surface area contributed by atoms with Crippen molar-refractivity contribution in [1.29, 1.82) is 0 Å². The number of benzene rings is 6. The largest absolute Gasteiger partial charge is 0.497 e. The fraction of sp³-hybridized carbons (Fsp3) is 0.464. The van der Waals surface area contributed by atoms with Gasteiger partial charge < -0.3 is 28.9 Å². The maximum Gasteiger partial charge on any atom is 0.253 e.